The summed E-state index contributed by atoms with van der Waals surface area (Å²) < 4.78 is 10.7. The van der Waals surface area contributed by atoms with Gasteiger partial charge in [0.2, 0.25) is 0 Å². The first-order valence-electron chi connectivity index (χ1n) is 8.81. The van der Waals surface area contributed by atoms with Crippen LogP contribution in [0.4, 0.5) is 5.69 Å². The average Bonchev–Trinajstić information content (AvgIpc) is 2.64. The monoisotopic (exact) mass is 355 g/mol. The van der Waals surface area contributed by atoms with E-state index in [1.807, 2.05) is 38.1 Å². The Morgan fingerprint density at radius 2 is 1.77 bits per heavy atom. The second-order valence-corrected chi connectivity index (χ2v) is 6.07. The van der Waals surface area contributed by atoms with E-state index in [0.717, 1.165) is 24.1 Å². The number of benzene rings is 2. The van der Waals surface area contributed by atoms with Gasteiger partial charge in [0.15, 0.2) is 6.10 Å². The zero-order valence-electron chi connectivity index (χ0n) is 15.5. The number of nitrogens with one attached hydrogen (secondary N) is 1. The molecule has 0 heterocycles. The molecule has 5 heteroatoms. The molecule has 0 spiro atoms. The zero-order chi connectivity index (χ0) is 18.9. The maximum atomic E-state index is 12.3. The molecule has 0 bridgehead atoms. The quantitative estimate of drug-likeness (QED) is 0.564. The lowest BCUT2D eigenvalue weighted by atomic mass is 10.1. The molecule has 0 aliphatic carbocycles. The molecule has 5 nitrogen and oxygen atoms in total. The first kappa shape index (κ1) is 19.5. The number of para-hydroxylation sites is 1. The standard InChI is InChI=1S/C21H25NO4/c1-4-5-14-25-21(24)16(3)26-18-12-10-17(11-13-18)20(23)22-19-9-7-6-8-15(19)2/h6-13,16H,4-5,14H2,1-3H3,(H,22,23). The molecule has 1 N–H and O–H groups in total. The minimum atomic E-state index is -0.696. The Bertz CT molecular complexity index is 740. The molecule has 1 amide bonds. The highest BCUT2D eigenvalue weighted by molar-refractivity contribution is 6.04. The summed E-state index contributed by atoms with van der Waals surface area (Å²) in [5.41, 5.74) is 2.29. The third-order valence-corrected chi connectivity index (χ3v) is 3.90. The second-order valence-electron chi connectivity index (χ2n) is 6.07. The number of hydrogen-bond acceptors (Lipinski definition) is 4. The van der Waals surface area contributed by atoms with Crippen molar-refractivity contribution in [3.63, 3.8) is 0 Å². The number of hydrogen-bond donors (Lipinski definition) is 1. The summed E-state index contributed by atoms with van der Waals surface area (Å²) in [6.07, 6.45) is 1.11. The fourth-order valence-electron chi connectivity index (χ4n) is 2.28. The SMILES string of the molecule is CCCCOC(=O)C(C)Oc1ccc(C(=O)Nc2ccccc2C)cc1. The number of anilines is 1. The molecule has 0 radical (unpaired) electrons. The molecule has 0 saturated heterocycles. The van der Waals surface area contributed by atoms with Gasteiger partial charge >= 0.3 is 5.97 Å². The molecule has 1 atom stereocenters. The highest BCUT2D eigenvalue weighted by Crippen LogP contribution is 2.17. The Hall–Kier alpha value is -2.82. The summed E-state index contributed by atoms with van der Waals surface area (Å²) in [6.45, 7) is 6.02. The lowest BCUT2D eigenvalue weighted by Gasteiger charge is -2.14. The van der Waals surface area contributed by atoms with Crippen molar-refractivity contribution in [1.29, 1.82) is 0 Å². The number of unbranched alkanes of at least 4 members (excludes halogenated alkanes) is 1. The smallest absolute Gasteiger partial charge is 0.347 e. The number of rotatable bonds is 8. The lowest BCUT2D eigenvalue weighted by molar-refractivity contribution is -0.151. The molecule has 0 aromatic heterocycles. The van der Waals surface area contributed by atoms with E-state index in [9.17, 15) is 9.59 Å². The van der Waals surface area contributed by atoms with Gasteiger partial charge in [-0.1, -0.05) is 31.5 Å². The highest BCUT2D eigenvalue weighted by atomic mass is 16.6. The summed E-state index contributed by atoms with van der Waals surface area (Å²) >= 11 is 0. The Kier molecular flexibility index (Phi) is 7.21. The molecule has 2 aromatic rings. The van der Waals surface area contributed by atoms with E-state index < -0.39 is 6.10 Å². The highest BCUT2D eigenvalue weighted by Gasteiger charge is 2.16. The molecule has 2 rings (SSSR count). The summed E-state index contributed by atoms with van der Waals surface area (Å²) in [6, 6.07) is 14.3. The molecule has 0 fully saturated rings. The molecule has 0 saturated carbocycles. The Labute approximate surface area is 154 Å². The van der Waals surface area contributed by atoms with Crippen molar-refractivity contribution in [2.45, 2.75) is 39.7 Å². The summed E-state index contributed by atoms with van der Waals surface area (Å²) in [7, 11) is 0. The molecular formula is C21H25NO4. The summed E-state index contributed by atoms with van der Waals surface area (Å²) in [5, 5.41) is 2.88. The van der Waals surface area contributed by atoms with Crippen LogP contribution >= 0.6 is 0 Å². The minimum Gasteiger partial charge on any atom is -0.479 e. The second kappa shape index (κ2) is 9.61. The van der Waals surface area contributed by atoms with Crippen molar-refractivity contribution >= 4 is 17.6 Å². The molecule has 0 aliphatic heterocycles. The summed E-state index contributed by atoms with van der Waals surface area (Å²) in [5.74, 6) is -0.0740. The van der Waals surface area contributed by atoms with Gasteiger partial charge in [-0.25, -0.2) is 4.79 Å². The van der Waals surface area contributed by atoms with Crippen molar-refractivity contribution < 1.29 is 19.1 Å². The molecular weight excluding hydrogens is 330 g/mol. The maximum absolute atomic E-state index is 12.3. The predicted octanol–water partition coefficient (Wildman–Crippen LogP) is 4.36. The van der Waals surface area contributed by atoms with Gasteiger partial charge in [-0.2, -0.15) is 0 Å². The molecule has 0 aliphatic rings. The number of ether oxygens (including phenoxy) is 2. The molecule has 138 valence electrons. The third-order valence-electron chi connectivity index (χ3n) is 3.90. The zero-order valence-corrected chi connectivity index (χ0v) is 15.5. The number of amides is 1. The van der Waals surface area contributed by atoms with Crippen molar-refractivity contribution in [2.24, 2.45) is 0 Å². The van der Waals surface area contributed by atoms with E-state index in [0.29, 0.717) is 17.9 Å². The van der Waals surface area contributed by atoms with Crippen LogP contribution in [-0.4, -0.2) is 24.6 Å². The van der Waals surface area contributed by atoms with Gasteiger partial charge in [-0.05, 0) is 56.2 Å². The molecule has 26 heavy (non-hydrogen) atoms. The fourth-order valence-corrected chi connectivity index (χ4v) is 2.28. The molecule has 2 aromatic carbocycles. The van der Waals surface area contributed by atoms with Crippen LogP contribution in [0, 0.1) is 6.92 Å². The van der Waals surface area contributed by atoms with E-state index in [1.165, 1.54) is 0 Å². The van der Waals surface area contributed by atoms with Crippen molar-refractivity contribution in [1.82, 2.24) is 0 Å². The van der Waals surface area contributed by atoms with Crippen LogP contribution in [0.15, 0.2) is 48.5 Å². The van der Waals surface area contributed by atoms with Gasteiger partial charge in [-0.3, -0.25) is 4.79 Å². The van der Waals surface area contributed by atoms with Gasteiger partial charge in [0.05, 0.1) is 6.61 Å². The normalized spacial score (nSPS) is 11.5. The Morgan fingerprint density at radius 3 is 2.42 bits per heavy atom. The van der Waals surface area contributed by atoms with Crippen LogP contribution in [-0.2, 0) is 9.53 Å². The number of carbonyl (C=O) groups excluding carboxylic acids is 2. The minimum absolute atomic E-state index is 0.196. The van der Waals surface area contributed by atoms with Crippen molar-refractivity contribution in [3.8, 4) is 5.75 Å². The van der Waals surface area contributed by atoms with Gasteiger partial charge in [0, 0.05) is 11.3 Å². The number of esters is 1. The van der Waals surface area contributed by atoms with E-state index >= 15 is 0 Å². The van der Waals surface area contributed by atoms with E-state index in [2.05, 4.69) is 5.32 Å². The van der Waals surface area contributed by atoms with E-state index in [4.69, 9.17) is 9.47 Å². The topological polar surface area (TPSA) is 64.6 Å². The van der Waals surface area contributed by atoms with Gasteiger partial charge < -0.3 is 14.8 Å². The first-order chi connectivity index (χ1) is 12.5. The van der Waals surface area contributed by atoms with Crippen LogP contribution in [0.5, 0.6) is 5.75 Å². The van der Waals surface area contributed by atoms with Crippen molar-refractivity contribution in [2.75, 3.05) is 11.9 Å². The van der Waals surface area contributed by atoms with Crippen molar-refractivity contribution in [3.05, 3.63) is 59.7 Å². The largest absolute Gasteiger partial charge is 0.479 e. The number of aryl methyl sites for hydroxylation is 1. The maximum Gasteiger partial charge on any atom is 0.347 e. The van der Waals surface area contributed by atoms with Gasteiger partial charge in [0.1, 0.15) is 5.75 Å². The number of carbonyl (C=O) groups is 2. The molecule has 1 unspecified atom stereocenters. The Balaban J connectivity index is 1.92. The summed E-state index contributed by atoms with van der Waals surface area (Å²) in [4.78, 5) is 24.1. The fraction of sp³-hybridized carbons (Fsp3) is 0.333. The van der Waals surface area contributed by atoms with E-state index in [-0.39, 0.29) is 11.9 Å². The van der Waals surface area contributed by atoms with Crippen LogP contribution in [0.3, 0.4) is 0 Å². The average molecular weight is 355 g/mol. The third kappa shape index (κ3) is 5.62. The van der Waals surface area contributed by atoms with Crippen LogP contribution in [0.1, 0.15) is 42.6 Å². The van der Waals surface area contributed by atoms with Gasteiger partial charge in [-0.15, -0.1) is 0 Å². The van der Waals surface area contributed by atoms with Crippen LogP contribution in [0.25, 0.3) is 0 Å². The lowest BCUT2D eigenvalue weighted by Crippen LogP contribution is -2.26. The predicted molar refractivity (Wildman–Crippen MR) is 102 cm³/mol. The first-order valence-corrected chi connectivity index (χ1v) is 8.81. The van der Waals surface area contributed by atoms with Crippen LogP contribution < -0.4 is 10.1 Å². The van der Waals surface area contributed by atoms with Gasteiger partial charge in [0.25, 0.3) is 5.91 Å². The Morgan fingerprint density at radius 1 is 1.08 bits per heavy atom. The van der Waals surface area contributed by atoms with Crippen LogP contribution in [0.2, 0.25) is 0 Å². The van der Waals surface area contributed by atoms with E-state index in [1.54, 1.807) is 31.2 Å².